The fourth-order valence-corrected chi connectivity index (χ4v) is 6.51. The molecule has 4 aromatic rings. The van der Waals surface area contributed by atoms with Gasteiger partial charge in [0.05, 0.1) is 6.10 Å². The van der Waals surface area contributed by atoms with Crippen molar-refractivity contribution in [1.29, 1.82) is 0 Å². The summed E-state index contributed by atoms with van der Waals surface area (Å²) in [5.41, 5.74) is 16.3. The van der Waals surface area contributed by atoms with Crippen molar-refractivity contribution in [3.8, 4) is 11.1 Å². The molecule has 9 heteroatoms. The molecule has 2 amide bonds. The largest absolute Gasteiger partial charge is 0.390 e. The molecule has 3 aliphatic rings. The van der Waals surface area contributed by atoms with E-state index in [9.17, 15) is 14.7 Å². The Morgan fingerprint density at radius 3 is 1.74 bits per heavy atom. The first-order valence-corrected chi connectivity index (χ1v) is 16.2. The second-order valence-corrected chi connectivity index (χ2v) is 13.0. The van der Waals surface area contributed by atoms with Crippen LogP contribution in [0.5, 0.6) is 0 Å². The van der Waals surface area contributed by atoms with E-state index >= 15 is 0 Å². The Hall–Kier alpha value is -4.44. The molecule has 236 valence electrons. The molecule has 5 N–H and O–H groups in total. The fourth-order valence-electron chi connectivity index (χ4n) is 6.51. The van der Waals surface area contributed by atoms with Gasteiger partial charge in [-0.25, -0.2) is 0 Å². The Morgan fingerprint density at radius 1 is 0.804 bits per heavy atom. The Bertz CT molecular complexity index is 1820. The summed E-state index contributed by atoms with van der Waals surface area (Å²) in [6.07, 6.45) is 7.79. The maximum atomic E-state index is 13.5. The molecule has 7 rings (SSSR count). The number of hydrogen-bond acceptors (Lipinski definition) is 7. The topological polar surface area (TPSA) is 133 Å². The third-order valence-electron chi connectivity index (χ3n) is 9.55. The normalized spacial score (nSPS) is 16.6. The van der Waals surface area contributed by atoms with Crippen molar-refractivity contribution in [3.63, 3.8) is 0 Å². The monoisotopic (exact) mass is 616 g/mol. The molecule has 2 aliphatic carbocycles. The summed E-state index contributed by atoms with van der Waals surface area (Å²) >= 11 is 0. The zero-order valence-corrected chi connectivity index (χ0v) is 26.3. The summed E-state index contributed by atoms with van der Waals surface area (Å²) < 4.78 is 0. The van der Waals surface area contributed by atoms with Crippen LogP contribution in [0.3, 0.4) is 0 Å². The minimum atomic E-state index is -0.255. The van der Waals surface area contributed by atoms with Gasteiger partial charge in [0.1, 0.15) is 11.4 Å². The lowest BCUT2D eigenvalue weighted by atomic mass is 9.94. The van der Waals surface area contributed by atoms with Crippen LogP contribution in [0.2, 0.25) is 0 Å². The van der Waals surface area contributed by atoms with E-state index in [1.54, 1.807) is 6.20 Å². The molecule has 0 spiro atoms. The number of benzene rings is 2. The van der Waals surface area contributed by atoms with E-state index in [1.165, 1.54) is 5.56 Å². The number of likely N-dealkylation sites (tertiary alicyclic amines) is 1. The smallest absolute Gasteiger partial charge is 0.274 e. The van der Waals surface area contributed by atoms with Crippen LogP contribution in [0.25, 0.3) is 11.1 Å². The summed E-state index contributed by atoms with van der Waals surface area (Å²) in [6, 6.07) is 15.5. The zero-order valence-electron chi connectivity index (χ0n) is 26.3. The van der Waals surface area contributed by atoms with Gasteiger partial charge in [-0.2, -0.15) is 0 Å². The van der Waals surface area contributed by atoms with Crippen molar-refractivity contribution in [2.75, 3.05) is 23.7 Å². The predicted octanol–water partition coefficient (Wildman–Crippen LogP) is 5.66. The number of nitrogens with two attached hydrogens (primary N) is 1. The van der Waals surface area contributed by atoms with Gasteiger partial charge in [-0.3, -0.25) is 24.5 Å². The molecular weight excluding hydrogens is 576 g/mol. The maximum absolute atomic E-state index is 13.5. The second kappa shape index (κ2) is 12.4. The van der Waals surface area contributed by atoms with Crippen molar-refractivity contribution in [3.05, 3.63) is 106 Å². The molecule has 3 fully saturated rings. The molecule has 0 bridgehead atoms. The Morgan fingerprint density at radius 2 is 1.28 bits per heavy atom. The van der Waals surface area contributed by atoms with Gasteiger partial charge in [-0.15, -0.1) is 0 Å². The predicted molar refractivity (Wildman–Crippen MR) is 179 cm³/mol. The van der Waals surface area contributed by atoms with E-state index in [4.69, 9.17) is 5.73 Å². The molecular formula is C37H40N6O3. The van der Waals surface area contributed by atoms with Crippen LogP contribution in [0, 0.1) is 13.8 Å². The first kappa shape index (κ1) is 30.2. The number of hydrogen-bond donors (Lipinski definition) is 4. The SMILES string of the molecule is Cc1c(NC(=O)c2cc(C3CC3)c(CN)cn2)cccc1-c1cccc(NC(=O)c2cc(C3CC3)c(CN3CC(O)C3)cn2)c1C. The zero-order chi connectivity index (χ0) is 31.9. The lowest BCUT2D eigenvalue weighted by Gasteiger charge is -2.36. The summed E-state index contributed by atoms with van der Waals surface area (Å²) in [5.74, 6) is 0.438. The van der Waals surface area contributed by atoms with Gasteiger partial charge in [-0.05, 0) is 120 Å². The Kier molecular flexibility index (Phi) is 8.15. The molecule has 1 aliphatic heterocycles. The van der Waals surface area contributed by atoms with Crippen molar-refractivity contribution in [2.24, 2.45) is 5.73 Å². The average Bonchev–Trinajstić information content (AvgIpc) is 3.97. The quantitative estimate of drug-likeness (QED) is 0.181. The highest BCUT2D eigenvalue weighted by Gasteiger charge is 2.31. The van der Waals surface area contributed by atoms with Gasteiger partial charge >= 0.3 is 0 Å². The molecule has 9 nitrogen and oxygen atoms in total. The van der Waals surface area contributed by atoms with E-state index in [0.717, 1.165) is 71.2 Å². The number of β-amino-alcohol motifs (C(OH)–C–C–N with tert-alkyl or cyclic N) is 1. The van der Waals surface area contributed by atoms with Gasteiger partial charge in [0, 0.05) is 49.9 Å². The van der Waals surface area contributed by atoms with E-state index in [-0.39, 0.29) is 17.9 Å². The number of nitrogens with one attached hydrogen (secondary N) is 2. The number of pyridine rings is 2. The molecule has 0 radical (unpaired) electrons. The molecule has 46 heavy (non-hydrogen) atoms. The average molecular weight is 617 g/mol. The molecule has 0 unspecified atom stereocenters. The number of nitrogens with zero attached hydrogens (tertiary/aromatic N) is 3. The van der Waals surface area contributed by atoms with Crippen LogP contribution in [-0.4, -0.2) is 51.0 Å². The van der Waals surface area contributed by atoms with Crippen LogP contribution in [0.1, 0.15) is 91.9 Å². The van der Waals surface area contributed by atoms with Crippen LogP contribution in [0.15, 0.2) is 60.9 Å². The molecule has 1 saturated heterocycles. The molecule has 0 atom stereocenters. The number of carbonyl (C=O) groups excluding carboxylic acids is 2. The third kappa shape index (κ3) is 6.18. The molecule has 2 aromatic carbocycles. The molecule has 2 saturated carbocycles. The van der Waals surface area contributed by atoms with Gasteiger partial charge in [0.25, 0.3) is 11.8 Å². The maximum Gasteiger partial charge on any atom is 0.274 e. The van der Waals surface area contributed by atoms with Crippen molar-refractivity contribution < 1.29 is 14.7 Å². The second-order valence-electron chi connectivity index (χ2n) is 13.0. The van der Waals surface area contributed by atoms with Crippen molar-refractivity contribution in [1.82, 2.24) is 14.9 Å². The highest BCUT2D eigenvalue weighted by atomic mass is 16.3. The van der Waals surface area contributed by atoms with Crippen molar-refractivity contribution in [2.45, 2.75) is 70.6 Å². The van der Waals surface area contributed by atoms with Gasteiger partial charge < -0.3 is 21.5 Å². The molecule has 2 aromatic heterocycles. The standard InChI is InChI=1S/C37H40N6O3/c1-21-28(5-3-7-32(21)41-36(45)34-13-30(23-9-10-23)25(15-38)16-39-34)29-6-4-8-33(22(29)2)42-37(46)35-14-31(24-11-12-24)26(17-40-35)18-43-19-27(44)20-43/h3-8,13-14,16-17,23-24,27,44H,9-12,15,18-20,38H2,1-2H3,(H,41,45)(H,42,46). The number of aromatic nitrogens is 2. The first-order chi connectivity index (χ1) is 22.3. The number of aliphatic hydroxyl groups is 1. The van der Waals surface area contributed by atoms with Crippen LogP contribution >= 0.6 is 0 Å². The van der Waals surface area contributed by atoms with E-state index in [1.807, 2.05) is 68.6 Å². The van der Waals surface area contributed by atoms with Gasteiger partial charge in [0.2, 0.25) is 0 Å². The molecule has 3 heterocycles. The number of carbonyl (C=O) groups is 2. The summed E-state index contributed by atoms with van der Waals surface area (Å²) in [7, 11) is 0. The summed E-state index contributed by atoms with van der Waals surface area (Å²) in [6.45, 7) is 6.50. The van der Waals surface area contributed by atoms with Crippen LogP contribution in [0.4, 0.5) is 11.4 Å². The van der Waals surface area contributed by atoms with Crippen LogP contribution in [-0.2, 0) is 13.1 Å². The Labute approximate surface area is 269 Å². The van der Waals surface area contributed by atoms with Gasteiger partial charge in [-0.1, -0.05) is 24.3 Å². The highest BCUT2D eigenvalue weighted by molar-refractivity contribution is 6.05. The van der Waals surface area contributed by atoms with Crippen molar-refractivity contribution >= 4 is 23.2 Å². The van der Waals surface area contributed by atoms with E-state index < -0.39 is 0 Å². The van der Waals surface area contributed by atoms with E-state index in [2.05, 4.69) is 25.5 Å². The Balaban J connectivity index is 1.09. The van der Waals surface area contributed by atoms with Crippen LogP contribution < -0.4 is 16.4 Å². The lowest BCUT2D eigenvalue weighted by Crippen LogP contribution is -2.49. The first-order valence-electron chi connectivity index (χ1n) is 16.2. The summed E-state index contributed by atoms with van der Waals surface area (Å²) in [5, 5.41) is 15.8. The number of anilines is 2. The minimum Gasteiger partial charge on any atom is -0.390 e. The fraction of sp³-hybridized carbons (Fsp3) is 0.351. The van der Waals surface area contributed by atoms with E-state index in [0.29, 0.717) is 54.2 Å². The number of amides is 2. The third-order valence-corrected chi connectivity index (χ3v) is 9.55. The lowest BCUT2D eigenvalue weighted by molar-refractivity contribution is -0.00306. The number of aliphatic hydroxyl groups excluding tert-OH is 1. The highest BCUT2D eigenvalue weighted by Crippen LogP contribution is 2.43. The minimum absolute atomic E-state index is 0.246. The van der Waals surface area contributed by atoms with Gasteiger partial charge in [0.15, 0.2) is 0 Å². The summed E-state index contributed by atoms with van der Waals surface area (Å²) in [4.78, 5) is 37.9. The number of rotatable bonds is 10.